The minimum Gasteiger partial charge on any atom is -0.491 e. The molecule has 1 heterocycles. The van der Waals surface area contributed by atoms with Gasteiger partial charge in [-0.3, -0.25) is 9.63 Å². The molecule has 0 aromatic heterocycles. The summed E-state index contributed by atoms with van der Waals surface area (Å²) >= 11 is 0. The fraction of sp³-hybridized carbons (Fsp3) is 0.235. The van der Waals surface area contributed by atoms with E-state index in [1.165, 1.54) is 17.0 Å². The van der Waals surface area contributed by atoms with E-state index >= 15 is 0 Å². The van der Waals surface area contributed by atoms with Gasteiger partial charge in [-0.1, -0.05) is 23.1 Å². The SMILES string of the molecule is CN1C(=O)Cc2cc(S(=O)(=O)NOCCOc3ccccc3)ccc21. The van der Waals surface area contributed by atoms with Crippen molar-refractivity contribution in [2.75, 3.05) is 25.2 Å². The Morgan fingerprint density at radius 2 is 1.88 bits per heavy atom. The third kappa shape index (κ3) is 3.98. The van der Waals surface area contributed by atoms with E-state index in [-0.39, 0.29) is 30.4 Å². The minimum atomic E-state index is -3.82. The zero-order valence-electron chi connectivity index (χ0n) is 13.6. The molecule has 0 radical (unpaired) electrons. The Kier molecular flexibility index (Phi) is 5.03. The van der Waals surface area contributed by atoms with Gasteiger partial charge < -0.3 is 9.64 Å². The maximum atomic E-state index is 12.3. The molecule has 0 unspecified atom stereocenters. The standard InChI is InChI=1S/C17H18N2O5S/c1-19-16-8-7-15(11-13(16)12-17(19)20)25(21,22)18-24-10-9-23-14-5-3-2-4-6-14/h2-8,11,18H,9-10,12H2,1H3. The second-order valence-electron chi connectivity index (χ2n) is 5.52. The molecule has 0 spiro atoms. The van der Waals surface area contributed by atoms with Crippen LogP contribution in [0, 0.1) is 0 Å². The fourth-order valence-electron chi connectivity index (χ4n) is 2.50. The van der Waals surface area contributed by atoms with Crippen LogP contribution in [0.5, 0.6) is 5.75 Å². The molecule has 25 heavy (non-hydrogen) atoms. The number of hydrogen-bond acceptors (Lipinski definition) is 5. The Hall–Kier alpha value is -2.42. The molecule has 1 N–H and O–H groups in total. The van der Waals surface area contributed by atoms with Crippen LogP contribution in [0.1, 0.15) is 5.56 Å². The summed E-state index contributed by atoms with van der Waals surface area (Å²) < 4.78 is 29.9. The lowest BCUT2D eigenvalue weighted by atomic mass is 10.2. The summed E-state index contributed by atoms with van der Waals surface area (Å²) in [6, 6.07) is 13.7. The lowest BCUT2D eigenvalue weighted by Crippen LogP contribution is -2.26. The highest BCUT2D eigenvalue weighted by Crippen LogP contribution is 2.29. The third-order valence-corrected chi connectivity index (χ3v) is 5.02. The van der Waals surface area contributed by atoms with Crippen LogP contribution in [0.15, 0.2) is 53.4 Å². The maximum Gasteiger partial charge on any atom is 0.262 e. The highest BCUT2D eigenvalue weighted by atomic mass is 32.2. The van der Waals surface area contributed by atoms with Crippen molar-refractivity contribution >= 4 is 21.6 Å². The van der Waals surface area contributed by atoms with Crippen LogP contribution in [0.4, 0.5) is 5.69 Å². The molecule has 1 amide bonds. The second kappa shape index (κ2) is 7.22. The van der Waals surface area contributed by atoms with E-state index in [0.29, 0.717) is 11.3 Å². The molecule has 7 nitrogen and oxygen atoms in total. The first-order valence-electron chi connectivity index (χ1n) is 7.68. The van der Waals surface area contributed by atoms with Crippen LogP contribution in [0.2, 0.25) is 0 Å². The van der Waals surface area contributed by atoms with Gasteiger partial charge >= 0.3 is 0 Å². The monoisotopic (exact) mass is 362 g/mol. The summed E-state index contributed by atoms with van der Waals surface area (Å²) in [7, 11) is -2.16. The molecule has 0 saturated carbocycles. The number of nitrogens with zero attached hydrogens (tertiary/aromatic N) is 1. The van der Waals surface area contributed by atoms with E-state index in [0.717, 1.165) is 5.69 Å². The number of likely N-dealkylation sites (N-methyl/N-ethyl adjacent to an activating group) is 1. The van der Waals surface area contributed by atoms with Gasteiger partial charge in [-0.2, -0.15) is 0 Å². The molecule has 0 aliphatic carbocycles. The van der Waals surface area contributed by atoms with Gasteiger partial charge in [0.05, 0.1) is 11.3 Å². The largest absolute Gasteiger partial charge is 0.491 e. The number of amides is 1. The maximum absolute atomic E-state index is 12.3. The molecule has 1 aliphatic heterocycles. The number of sulfonamides is 1. The Morgan fingerprint density at radius 3 is 2.64 bits per heavy atom. The highest BCUT2D eigenvalue weighted by molar-refractivity contribution is 7.89. The number of fused-ring (bicyclic) bond motifs is 1. The van der Waals surface area contributed by atoms with Crippen molar-refractivity contribution in [3.63, 3.8) is 0 Å². The molecule has 2 aromatic carbocycles. The molecule has 2 aromatic rings. The number of benzene rings is 2. The van der Waals surface area contributed by atoms with Crippen LogP contribution in [0.25, 0.3) is 0 Å². The third-order valence-electron chi connectivity index (χ3n) is 3.80. The summed E-state index contributed by atoms with van der Waals surface area (Å²) in [6.07, 6.45) is 0.195. The molecule has 0 saturated heterocycles. The highest BCUT2D eigenvalue weighted by Gasteiger charge is 2.26. The summed E-state index contributed by atoms with van der Waals surface area (Å²) in [5, 5.41) is 0. The number of hydrogen-bond donors (Lipinski definition) is 1. The molecule has 0 atom stereocenters. The average molecular weight is 362 g/mol. The smallest absolute Gasteiger partial charge is 0.262 e. The Bertz CT molecular complexity index is 868. The van der Waals surface area contributed by atoms with Crippen molar-refractivity contribution in [3.8, 4) is 5.75 Å². The van der Waals surface area contributed by atoms with Gasteiger partial charge in [-0.05, 0) is 35.9 Å². The van der Waals surface area contributed by atoms with Crippen LogP contribution >= 0.6 is 0 Å². The van der Waals surface area contributed by atoms with E-state index in [4.69, 9.17) is 9.57 Å². The predicted molar refractivity (Wildman–Crippen MR) is 91.8 cm³/mol. The van der Waals surface area contributed by atoms with Crippen molar-refractivity contribution < 1.29 is 22.8 Å². The van der Waals surface area contributed by atoms with Crippen molar-refractivity contribution in [2.45, 2.75) is 11.3 Å². The van der Waals surface area contributed by atoms with Crippen molar-refractivity contribution in [1.82, 2.24) is 4.89 Å². The van der Waals surface area contributed by atoms with Gasteiger partial charge in [0.25, 0.3) is 10.0 Å². The van der Waals surface area contributed by atoms with Gasteiger partial charge in [-0.15, -0.1) is 0 Å². The molecular weight excluding hydrogens is 344 g/mol. The van der Waals surface area contributed by atoms with Crippen molar-refractivity contribution in [3.05, 3.63) is 54.1 Å². The first-order valence-corrected chi connectivity index (χ1v) is 9.16. The topological polar surface area (TPSA) is 84.9 Å². The van der Waals surface area contributed by atoms with Crippen molar-refractivity contribution in [1.29, 1.82) is 0 Å². The van der Waals surface area contributed by atoms with E-state index in [1.807, 2.05) is 18.2 Å². The predicted octanol–water partition coefficient (Wildman–Crippen LogP) is 1.49. The zero-order chi connectivity index (χ0) is 17.9. The first kappa shape index (κ1) is 17.4. The number of carbonyl (C=O) groups excluding carboxylic acids is 1. The molecular formula is C17H18N2O5S. The summed E-state index contributed by atoms with van der Waals surface area (Å²) in [6.45, 7) is 0.260. The van der Waals surface area contributed by atoms with Crippen LogP contribution in [0.3, 0.4) is 0 Å². The van der Waals surface area contributed by atoms with E-state index in [1.54, 1.807) is 25.2 Å². The quantitative estimate of drug-likeness (QED) is 0.596. The fourth-order valence-corrected chi connectivity index (χ4v) is 3.38. The van der Waals surface area contributed by atoms with Crippen LogP contribution in [-0.2, 0) is 26.1 Å². The van der Waals surface area contributed by atoms with E-state index < -0.39 is 10.0 Å². The van der Waals surface area contributed by atoms with E-state index in [2.05, 4.69) is 4.89 Å². The summed E-state index contributed by atoms with van der Waals surface area (Å²) in [5.74, 6) is 0.619. The number of anilines is 1. The lowest BCUT2D eigenvalue weighted by molar-refractivity contribution is -0.117. The molecule has 0 bridgehead atoms. The lowest BCUT2D eigenvalue weighted by Gasteiger charge is -2.11. The first-order chi connectivity index (χ1) is 12.0. The zero-order valence-corrected chi connectivity index (χ0v) is 14.5. The minimum absolute atomic E-state index is 0.0540. The number of para-hydroxylation sites is 1. The van der Waals surface area contributed by atoms with Gasteiger partial charge in [0, 0.05) is 12.7 Å². The van der Waals surface area contributed by atoms with E-state index in [9.17, 15) is 13.2 Å². The molecule has 3 rings (SSSR count). The van der Waals surface area contributed by atoms with Crippen LogP contribution in [-0.4, -0.2) is 34.6 Å². The number of carbonyl (C=O) groups is 1. The van der Waals surface area contributed by atoms with Gasteiger partial charge in [0.1, 0.15) is 19.0 Å². The van der Waals surface area contributed by atoms with Gasteiger partial charge in [0.15, 0.2) is 0 Å². The van der Waals surface area contributed by atoms with Crippen LogP contribution < -0.4 is 14.5 Å². The average Bonchev–Trinajstić information content (AvgIpc) is 2.89. The molecule has 8 heteroatoms. The molecule has 1 aliphatic rings. The molecule has 0 fully saturated rings. The molecule has 132 valence electrons. The summed E-state index contributed by atoms with van der Waals surface area (Å²) in [5.41, 5.74) is 1.41. The Labute approximate surface area is 146 Å². The Morgan fingerprint density at radius 1 is 1.12 bits per heavy atom. The Balaban J connectivity index is 1.54. The summed E-state index contributed by atoms with van der Waals surface area (Å²) in [4.78, 5) is 20.3. The number of ether oxygens (including phenoxy) is 1. The number of rotatable bonds is 7. The second-order valence-corrected chi connectivity index (χ2v) is 7.16. The number of nitrogens with one attached hydrogen (secondary N) is 1. The van der Waals surface area contributed by atoms with Gasteiger partial charge in [0.2, 0.25) is 5.91 Å². The van der Waals surface area contributed by atoms with Gasteiger partial charge in [-0.25, -0.2) is 8.42 Å². The normalized spacial score (nSPS) is 13.8. The van der Waals surface area contributed by atoms with Crippen molar-refractivity contribution in [2.24, 2.45) is 0 Å².